The summed E-state index contributed by atoms with van der Waals surface area (Å²) < 4.78 is 42.2. The van der Waals surface area contributed by atoms with E-state index >= 15 is 0 Å². The molecular weight excluding hydrogens is 523 g/mol. The summed E-state index contributed by atoms with van der Waals surface area (Å²) in [4.78, 5) is 28.9. The van der Waals surface area contributed by atoms with Gasteiger partial charge in [0.05, 0.1) is 5.69 Å². The van der Waals surface area contributed by atoms with E-state index in [1.54, 1.807) is 42.5 Å². The first-order chi connectivity index (χ1) is 19.1. The third-order valence-electron chi connectivity index (χ3n) is 6.54. The highest BCUT2D eigenvalue weighted by Gasteiger charge is 2.37. The molecule has 0 fully saturated rings. The summed E-state index contributed by atoms with van der Waals surface area (Å²) in [5.74, 6) is -1.29. The molecule has 204 valence electrons. The average molecular weight is 548 g/mol. The highest BCUT2D eigenvalue weighted by atomic mass is 19.4. The number of alkyl halides is 3. The second-order valence-corrected chi connectivity index (χ2v) is 9.20. The van der Waals surface area contributed by atoms with Gasteiger partial charge in [0.1, 0.15) is 6.17 Å². The normalized spacial score (nSPS) is 18.8. The quantitative estimate of drug-likeness (QED) is 0.503. The monoisotopic (exact) mass is 547 g/mol. The van der Waals surface area contributed by atoms with Crippen molar-refractivity contribution in [3.05, 3.63) is 108 Å². The molecule has 1 aliphatic heterocycles. The van der Waals surface area contributed by atoms with Gasteiger partial charge in [-0.15, -0.1) is 0 Å². The molecule has 2 atom stereocenters. The molecule has 0 radical (unpaired) electrons. The van der Waals surface area contributed by atoms with Crippen LogP contribution in [0.4, 0.5) is 13.2 Å². The van der Waals surface area contributed by atoms with Gasteiger partial charge in [0, 0.05) is 42.1 Å². The number of nitrogens with one attached hydrogen (secondary N) is 1. The van der Waals surface area contributed by atoms with Crippen LogP contribution in [0.3, 0.4) is 0 Å². The van der Waals surface area contributed by atoms with Gasteiger partial charge in [-0.25, -0.2) is 4.68 Å². The summed E-state index contributed by atoms with van der Waals surface area (Å²) in [6.45, 7) is 0. The Labute approximate surface area is 227 Å². The molecule has 1 aliphatic carbocycles. The van der Waals surface area contributed by atoms with Crippen molar-refractivity contribution in [1.29, 1.82) is 0 Å². The third-order valence-corrected chi connectivity index (χ3v) is 6.54. The third kappa shape index (κ3) is 5.41. The van der Waals surface area contributed by atoms with Gasteiger partial charge in [0.2, 0.25) is 5.91 Å². The number of pyridine rings is 1. The van der Waals surface area contributed by atoms with Gasteiger partial charge in [-0.1, -0.05) is 30.4 Å². The Morgan fingerprint density at radius 3 is 2.67 bits per heavy atom. The SMILES string of the molecule is CN1N=C(n2nc(-c3cccnc3)cc2C(F)(F)F)C=CC1NC(=O)c1cccc(C2CC=CC=C2C(N)=O)c1. The number of primary amides is 1. The maximum Gasteiger partial charge on any atom is 0.433 e. The maximum absolute atomic E-state index is 13.8. The number of hydrogen-bond donors (Lipinski definition) is 2. The molecule has 0 saturated carbocycles. The first-order valence-electron chi connectivity index (χ1n) is 12.3. The van der Waals surface area contributed by atoms with Crippen molar-refractivity contribution >= 4 is 17.6 Å². The van der Waals surface area contributed by atoms with Gasteiger partial charge in [-0.3, -0.25) is 19.6 Å². The molecule has 9 nitrogen and oxygen atoms in total. The first-order valence-corrected chi connectivity index (χ1v) is 12.3. The number of amides is 2. The fourth-order valence-electron chi connectivity index (χ4n) is 4.54. The Bertz CT molecular complexity index is 1570. The van der Waals surface area contributed by atoms with Crippen molar-refractivity contribution < 1.29 is 22.8 Å². The zero-order valence-corrected chi connectivity index (χ0v) is 21.2. The van der Waals surface area contributed by atoms with Crippen LogP contribution in [0.2, 0.25) is 0 Å². The number of benzene rings is 1. The van der Waals surface area contributed by atoms with E-state index in [1.807, 2.05) is 12.1 Å². The van der Waals surface area contributed by atoms with E-state index < -0.39 is 29.9 Å². The van der Waals surface area contributed by atoms with Crippen molar-refractivity contribution in [3.8, 4) is 11.3 Å². The molecule has 1 aromatic carbocycles. The van der Waals surface area contributed by atoms with E-state index in [4.69, 9.17) is 5.73 Å². The van der Waals surface area contributed by atoms with E-state index in [0.29, 0.717) is 23.1 Å². The van der Waals surface area contributed by atoms with Crippen LogP contribution in [-0.4, -0.2) is 50.6 Å². The number of carbonyl (C=O) groups excluding carboxylic acids is 2. The Morgan fingerprint density at radius 1 is 1.15 bits per heavy atom. The Kier molecular flexibility index (Phi) is 7.07. The minimum atomic E-state index is -4.68. The van der Waals surface area contributed by atoms with Crippen LogP contribution in [0, 0.1) is 0 Å². The lowest BCUT2D eigenvalue weighted by Crippen LogP contribution is -2.45. The molecule has 2 aliphatic rings. The van der Waals surface area contributed by atoms with Crippen LogP contribution >= 0.6 is 0 Å². The standard InChI is InChI=1S/C28H24F3N7O2/c1-37-24(34-27(40)18-7-4-6-17(14-18)20-9-2-3-10-21(20)26(32)39)11-12-25(36-37)38-23(28(29,30)31)15-22(35-38)19-8-5-13-33-16-19/h2-8,10-16,20,24H,9H2,1H3,(H2,32,39)(H,34,40). The summed E-state index contributed by atoms with van der Waals surface area (Å²) in [5.41, 5.74) is 6.62. The van der Waals surface area contributed by atoms with Crippen LogP contribution in [-0.2, 0) is 11.0 Å². The average Bonchev–Trinajstić information content (AvgIpc) is 3.41. The van der Waals surface area contributed by atoms with Crippen LogP contribution in [0.25, 0.3) is 11.3 Å². The topological polar surface area (TPSA) is 118 Å². The molecule has 0 spiro atoms. The number of halogens is 3. The number of allylic oxidation sites excluding steroid dienone is 4. The fraction of sp³-hybridized carbons (Fsp3) is 0.179. The van der Waals surface area contributed by atoms with Gasteiger partial charge in [-0.2, -0.15) is 23.4 Å². The lowest BCUT2D eigenvalue weighted by molar-refractivity contribution is -0.142. The van der Waals surface area contributed by atoms with Crippen LogP contribution in [0.5, 0.6) is 0 Å². The van der Waals surface area contributed by atoms with Gasteiger partial charge in [0.15, 0.2) is 11.5 Å². The molecule has 12 heteroatoms. The summed E-state index contributed by atoms with van der Waals surface area (Å²) in [6.07, 6.45) is 6.35. The Morgan fingerprint density at radius 2 is 1.98 bits per heavy atom. The van der Waals surface area contributed by atoms with Crippen LogP contribution in [0.15, 0.2) is 95.9 Å². The highest BCUT2D eigenvalue weighted by molar-refractivity contribution is 5.97. The number of nitrogens with two attached hydrogens (primary N) is 1. The zero-order chi connectivity index (χ0) is 28.4. The molecular formula is C28H24F3N7O2. The van der Waals surface area contributed by atoms with Crippen molar-refractivity contribution in [2.45, 2.75) is 24.7 Å². The molecule has 0 bridgehead atoms. The summed E-state index contributed by atoms with van der Waals surface area (Å²) in [6, 6.07) is 11.0. The predicted molar refractivity (Wildman–Crippen MR) is 142 cm³/mol. The molecule has 3 N–H and O–H groups in total. The van der Waals surface area contributed by atoms with Crippen LogP contribution in [0.1, 0.15) is 34.0 Å². The second kappa shape index (κ2) is 10.6. The van der Waals surface area contributed by atoms with E-state index in [-0.39, 0.29) is 17.4 Å². The zero-order valence-electron chi connectivity index (χ0n) is 21.2. The fourth-order valence-corrected chi connectivity index (χ4v) is 4.54. The van der Waals surface area contributed by atoms with E-state index in [1.165, 1.54) is 36.6 Å². The Balaban J connectivity index is 1.34. The molecule has 3 heterocycles. The molecule has 40 heavy (non-hydrogen) atoms. The van der Waals surface area contributed by atoms with Gasteiger partial charge in [0.25, 0.3) is 5.91 Å². The minimum Gasteiger partial charge on any atom is -0.366 e. The lowest BCUT2D eigenvalue weighted by Gasteiger charge is -2.28. The van der Waals surface area contributed by atoms with Gasteiger partial charge in [-0.05, 0) is 54.5 Å². The second-order valence-electron chi connectivity index (χ2n) is 9.20. The number of likely N-dealkylation sites (N-methyl/N-ethyl adjacent to an activating group) is 1. The number of carbonyl (C=O) groups is 2. The van der Waals surface area contributed by atoms with E-state index in [9.17, 15) is 22.8 Å². The van der Waals surface area contributed by atoms with Crippen molar-refractivity contribution in [1.82, 2.24) is 25.1 Å². The number of aromatic nitrogens is 3. The summed E-state index contributed by atoms with van der Waals surface area (Å²) in [7, 11) is 1.53. The van der Waals surface area contributed by atoms with E-state index in [2.05, 4.69) is 20.5 Å². The molecule has 2 amide bonds. The van der Waals surface area contributed by atoms with Crippen molar-refractivity contribution in [3.63, 3.8) is 0 Å². The summed E-state index contributed by atoms with van der Waals surface area (Å²) >= 11 is 0. The van der Waals surface area contributed by atoms with Crippen molar-refractivity contribution in [2.75, 3.05) is 7.05 Å². The summed E-state index contributed by atoms with van der Waals surface area (Å²) in [5, 5.41) is 12.5. The molecule has 2 aromatic heterocycles. The minimum absolute atomic E-state index is 0.0754. The largest absolute Gasteiger partial charge is 0.433 e. The van der Waals surface area contributed by atoms with Gasteiger partial charge >= 0.3 is 6.18 Å². The molecule has 5 rings (SSSR count). The first kappa shape index (κ1) is 26.6. The molecule has 2 unspecified atom stereocenters. The molecule has 0 saturated heterocycles. The number of hydrazone groups is 1. The van der Waals surface area contributed by atoms with Crippen LogP contribution < -0.4 is 11.1 Å². The molecule has 3 aromatic rings. The lowest BCUT2D eigenvalue weighted by atomic mass is 9.84. The van der Waals surface area contributed by atoms with Gasteiger partial charge < -0.3 is 11.1 Å². The number of hydrogen-bond acceptors (Lipinski definition) is 6. The Hall–Kier alpha value is -5.00. The smallest absolute Gasteiger partial charge is 0.366 e. The number of nitrogens with zero attached hydrogens (tertiary/aromatic N) is 5. The predicted octanol–water partition coefficient (Wildman–Crippen LogP) is 3.84. The van der Waals surface area contributed by atoms with Crippen molar-refractivity contribution in [2.24, 2.45) is 10.8 Å². The highest BCUT2D eigenvalue weighted by Crippen LogP contribution is 2.33. The number of rotatable bonds is 5. The van der Waals surface area contributed by atoms with E-state index in [0.717, 1.165) is 16.3 Å². The maximum atomic E-state index is 13.8.